The first-order valence-electron chi connectivity index (χ1n) is 5.59. The van der Waals surface area contributed by atoms with Gasteiger partial charge < -0.3 is 10.6 Å². The number of carbonyl (C=O) groups excluding carboxylic acids is 1. The number of nitriles is 1. The molecule has 0 bridgehead atoms. The van der Waals surface area contributed by atoms with Crippen LogP contribution in [-0.2, 0) is 0 Å². The normalized spacial score (nSPS) is 11.7. The number of nitrogens with two attached hydrogens (primary N) is 1. The molecule has 1 unspecified atom stereocenters. The molecule has 1 amide bonds. The number of amides is 1. The van der Waals surface area contributed by atoms with Crippen molar-refractivity contribution in [1.29, 1.82) is 5.26 Å². The SMILES string of the molecule is CCN(CC(C)C#N)C(=O)c1cc(N)ncc1Br. The van der Waals surface area contributed by atoms with Gasteiger partial charge in [-0.15, -0.1) is 0 Å². The number of nitrogens with zero attached hydrogens (tertiary/aromatic N) is 3. The van der Waals surface area contributed by atoms with Crippen molar-refractivity contribution in [1.82, 2.24) is 9.88 Å². The van der Waals surface area contributed by atoms with E-state index in [4.69, 9.17) is 11.0 Å². The van der Waals surface area contributed by atoms with Gasteiger partial charge in [-0.2, -0.15) is 5.26 Å². The molecule has 0 aliphatic heterocycles. The molecule has 0 spiro atoms. The van der Waals surface area contributed by atoms with Crippen LogP contribution >= 0.6 is 15.9 Å². The Kier molecular flexibility index (Phi) is 5.10. The second-order valence-corrected chi connectivity index (χ2v) is 4.82. The first-order chi connectivity index (χ1) is 8.49. The third-order valence-electron chi connectivity index (χ3n) is 2.49. The van der Waals surface area contributed by atoms with Crippen LogP contribution in [-0.4, -0.2) is 28.9 Å². The number of pyridine rings is 1. The lowest BCUT2D eigenvalue weighted by atomic mass is 10.1. The van der Waals surface area contributed by atoms with Crippen LogP contribution in [0.25, 0.3) is 0 Å². The van der Waals surface area contributed by atoms with Crippen LogP contribution in [0, 0.1) is 17.2 Å². The van der Waals surface area contributed by atoms with Crippen LogP contribution in [0.15, 0.2) is 16.7 Å². The van der Waals surface area contributed by atoms with E-state index in [2.05, 4.69) is 27.0 Å². The molecule has 0 radical (unpaired) electrons. The molecule has 1 aromatic heterocycles. The van der Waals surface area contributed by atoms with E-state index in [0.29, 0.717) is 28.9 Å². The quantitative estimate of drug-likeness (QED) is 0.922. The molecular weight excluding hydrogens is 296 g/mol. The van der Waals surface area contributed by atoms with E-state index in [1.807, 2.05) is 6.92 Å². The fourth-order valence-electron chi connectivity index (χ4n) is 1.52. The number of carbonyl (C=O) groups is 1. The smallest absolute Gasteiger partial charge is 0.255 e. The Morgan fingerprint density at radius 2 is 2.39 bits per heavy atom. The summed E-state index contributed by atoms with van der Waals surface area (Å²) in [6, 6.07) is 3.65. The maximum atomic E-state index is 12.3. The Hall–Kier alpha value is -1.61. The molecule has 0 aliphatic carbocycles. The van der Waals surface area contributed by atoms with Gasteiger partial charge in [-0.3, -0.25) is 4.79 Å². The molecule has 0 aliphatic rings. The summed E-state index contributed by atoms with van der Waals surface area (Å²) >= 11 is 3.28. The number of nitrogen functional groups attached to an aromatic ring is 1. The van der Waals surface area contributed by atoms with Crippen LogP contribution in [0.4, 0.5) is 5.82 Å². The van der Waals surface area contributed by atoms with Gasteiger partial charge in [0.1, 0.15) is 5.82 Å². The minimum Gasteiger partial charge on any atom is -0.384 e. The van der Waals surface area contributed by atoms with Crippen molar-refractivity contribution in [3.05, 3.63) is 22.3 Å². The Labute approximate surface area is 115 Å². The zero-order valence-corrected chi connectivity index (χ0v) is 11.9. The van der Waals surface area contributed by atoms with Crippen molar-refractivity contribution in [2.45, 2.75) is 13.8 Å². The maximum Gasteiger partial charge on any atom is 0.255 e. The molecule has 18 heavy (non-hydrogen) atoms. The van der Waals surface area contributed by atoms with Gasteiger partial charge >= 0.3 is 0 Å². The lowest BCUT2D eigenvalue weighted by Gasteiger charge is -2.22. The number of anilines is 1. The van der Waals surface area contributed by atoms with Crippen LogP contribution in [0.1, 0.15) is 24.2 Å². The van der Waals surface area contributed by atoms with Crippen molar-refractivity contribution in [2.24, 2.45) is 5.92 Å². The first kappa shape index (κ1) is 14.5. The number of hydrogen-bond acceptors (Lipinski definition) is 4. The molecule has 6 heteroatoms. The van der Waals surface area contributed by atoms with Crippen molar-refractivity contribution in [3.63, 3.8) is 0 Å². The third kappa shape index (κ3) is 3.44. The highest BCUT2D eigenvalue weighted by Gasteiger charge is 2.19. The van der Waals surface area contributed by atoms with E-state index in [0.717, 1.165) is 0 Å². The lowest BCUT2D eigenvalue weighted by Crippen LogP contribution is -2.34. The van der Waals surface area contributed by atoms with Gasteiger partial charge in [0, 0.05) is 23.8 Å². The molecular formula is C12H15BrN4O. The minimum absolute atomic E-state index is 0.152. The van der Waals surface area contributed by atoms with Gasteiger partial charge in [-0.1, -0.05) is 0 Å². The second-order valence-electron chi connectivity index (χ2n) is 3.96. The monoisotopic (exact) mass is 310 g/mol. The average molecular weight is 311 g/mol. The Bertz CT molecular complexity index is 483. The van der Waals surface area contributed by atoms with Gasteiger partial charge in [-0.25, -0.2) is 4.98 Å². The number of hydrogen-bond donors (Lipinski definition) is 1. The van der Waals surface area contributed by atoms with Crippen LogP contribution in [0.5, 0.6) is 0 Å². The average Bonchev–Trinajstić information content (AvgIpc) is 2.37. The largest absolute Gasteiger partial charge is 0.384 e. The summed E-state index contributed by atoms with van der Waals surface area (Å²) in [6.45, 7) is 4.60. The topological polar surface area (TPSA) is 83.0 Å². The Morgan fingerprint density at radius 1 is 1.72 bits per heavy atom. The van der Waals surface area contributed by atoms with Gasteiger partial charge in [0.25, 0.3) is 5.91 Å². The molecule has 0 fully saturated rings. The van der Waals surface area contributed by atoms with E-state index >= 15 is 0 Å². The van der Waals surface area contributed by atoms with E-state index in [9.17, 15) is 4.79 Å². The summed E-state index contributed by atoms with van der Waals surface area (Å²) in [6.07, 6.45) is 1.50. The van der Waals surface area contributed by atoms with Crippen LogP contribution in [0.3, 0.4) is 0 Å². The van der Waals surface area contributed by atoms with E-state index in [1.54, 1.807) is 11.8 Å². The van der Waals surface area contributed by atoms with Crippen molar-refractivity contribution >= 4 is 27.7 Å². The first-order valence-corrected chi connectivity index (χ1v) is 6.38. The highest BCUT2D eigenvalue weighted by Crippen LogP contribution is 2.19. The summed E-state index contributed by atoms with van der Waals surface area (Å²) < 4.78 is 0.602. The Balaban J connectivity index is 2.97. The van der Waals surface area contributed by atoms with Crippen molar-refractivity contribution in [3.8, 4) is 6.07 Å². The molecule has 96 valence electrons. The molecule has 5 nitrogen and oxygen atoms in total. The second kappa shape index (κ2) is 6.36. The van der Waals surface area contributed by atoms with Gasteiger partial charge in [0.15, 0.2) is 0 Å². The van der Waals surface area contributed by atoms with E-state index < -0.39 is 0 Å². The summed E-state index contributed by atoms with van der Waals surface area (Å²) in [4.78, 5) is 17.8. The molecule has 0 aromatic carbocycles. The van der Waals surface area contributed by atoms with Crippen LogP contribution < -0.4 is 5.73 Å². The number of halogens is 1. The zero-order valence-electron chi connectivity index (χ0n) is 10.4. The summed E-state index contributed by atoms with van der Waals surface area (Å²) in [5.74, 6) is -0.0571. The molecule has 1 rings (SSSR count). The summed E-state index contributed by atoms with van der Waals surface area (Å²) in [7, 11) is 0. The number of rotatable bonds is 4. The molecule has 2 N–H and O–H groups in total. The maximum absolute atomic E-state index is 12.3. The van der Waals surface area contributed by atoms with Crippen LogP contribution in [0.2, 0.25) is 0 Å². The summed E-state index contributed by atoms with van der Waals surface area (Å²) in [5, 5.41) is 8.80. The Morgan fingerprint density at radius 3 is 2.94 bits per heavy atom. The van der Waals surface area contributed by atoms with Crippen molar-refractivity contribution in [2.75, 3.05) is 18.8 Å². The minimum atomic E-state index is -0.202. The highest BCUT2D eigenvalue weighted by atomic mass is 79.9. The van der Waals surface area contributed by atoms with Gasteiger partial charge in [-0.05, 0) is 35.8 Å². The standard InChI is InChI=1S/C12H15BrN4O/c1-3-17(7-8(2)5-14)12(18)9-4-11(15)16-6-10(9)13/h4,6,8H,3,7H2,1-2H3,(H2,15,16). The molecule has 1 aromatic rings. The molecule has 1 heterocycles. The lowest BCUT2D eigenvalue weighted by molar-refractivity contribution is 0.0751. The fraction of sp³-hybridized carbons (Fsp3) is 0.417. The molecule has 0 saturated carbocycles. The van der Waals surface area contributed by atoms with Gasteiger partial charge in [0.05, 0.1) is 17.6 Å². The van der Waals surface area contributed by atoms with Crippen molar-refractivity contribution < 1.29 is 4.79 Å². The fourth-order valence-corrected chi connectivity index (χ4v) is 1.90. The predicted octanol–water partition coefficient (Wildman–Crippen LogP) is 2.05. The van der Waals surface area contributed by atoms with E-state index in [-0.39, 0.29) is 11.8 Å². The molecule has 1 atom stereocenters. The highest BCUT2D eigenvalue weighted by molar-refractivity contribution is 9.10. The van der Waals surface area contributed by atoms with Gasteiger partial charge in [0.2, 0.25) is 0 Å². The van der Waals surface area contributed by atoms with E-state index in [1.165, 1.54) is 12.3 Å². The zero-order chi connectivity index (χ0) is 13.7. The molecule has 0 saturated heterocycles. The third-order valence-corrected chi connectivity index (χ3v) is 3.12. The predicted molar refractivity (Wildman–Crippen MR) is 72.7 cm³/mol. The summed E-state index contributed by atoms with van der Waals surface area (Å²) in [5.41, 5.74) is 6.05. The number of aromatic nitrogens is 1.